The second-order valence-corrected chi connectivity index (χ2v) is 5.59. The van der Waals surface area contributed by atoms with Crippen molar-refractivity contribution in [3.63, 3.8) is 0 Å². The molecule has 0 unspecified atom stereocenters. The van der Waals surface area contributed by atoms with Gasteiger partial charge in [-0.25, -0.2) is 0 Å². The summed E-state index contributed by atoms with van der Waals surface area (Å²) in [7, 11) is 0. The molecular weight excluding hydrogens is 325 g/mol. The molecule has 2 amide bonds. The molecule has 1 heterocycles. The summed E-state index contributed by atoms with van der Waals surface area (Å²) in [5.74, 6) is -1.22. The average Bonchev–Trinajstić information content (AvgIpc) is 2.45. The van der Waals surface area contributed by atoms with E-state index in [1.165, 1.54) is 30.0 Å². The average molecular weight is 344 g/mol. The van der Waals surface area contributed by atoms with E-state index >= 15 is 0 Å². The minimum absolute atomic E-state index is 0.127. The number of benzene rings is 1. The van der Waals surface area contributed by atoms with Crippen LogP contribution in [-0.2, 0) is 15.8 Å². The largest absolute Gasteiger partial charge is 0.480 e. The molecule has 1 N–H and O–H groups in total. The van der Waals surface area contributed by atoms with E-state index in [0.29, 0.717) is 6.54 Å². The van der Waals surface area contributed by atoms with Crippen LogP contribution in [0.5, 0.6) is 5.75 Å². The molecule has 0 bridgehead atoms. The van der Waals surface area contributed by atoms with Crippen LogP contribution in [0, 0.1) is 5.92 Å². The monoisotopic (exact) mass is 344 g/mol. The first-order chi connectivity index (χ1) is 11.2. The zero-order valence-electron chi connectivity index (χ0n) is 13.4. The molecular formula is C16H19F3N2O3. The maximum atomic E-state index is 12.9. The molecule has 24 heavy (non-hydrogen) atoms. The lowest BCUT2D eigenvalue weighted by atomic mass is 9.98. The van der Waals surface area contributed by atoms with Gasteiger partial charge in [-0.2, -0.15) is 13.2 Å². The van der Waals surface area contributed by atoms with Crippen molar-refractivity contribution in [2.24, 2.45) is 5.92 Å². The molecule has 1 aromatic rings. The van der Waals surface area contributed by atoms with Gasteiger partial charge < -0.3 is 15.0 Å². The maximum Gasteiger partial charge on any atom is 0.419 e. The van der Waals surface area contributed by atoms with Crippen molar-refractivity contribution in [2.75, 3.05) is 19.6 Å². The Bertz CT molecular complexity index is 613. The third-order valence-electron chi connectivity index (χ3n) is 3.76. The number of hydrogen-bond donors (Lipinski definition) is 1. The summed E-state index contributed by atoms with van der Waals surface area (Å²) >= 11 is 0. The smallest absolute Gasteiger partial charge is 0.419 e. The van der Waals surface area contributed by atoms with Gasteiger partial charge in [-0.15, -0.1) is 0 Å². The highest BCUT2D eigenvalue weighted by Gasteiger charge is 2.39. The first-order valence-electron chi connectivity index (χ1n) is 7.63. The molecule has 132 valence electrons. The van der Waals surface area contributed by atoms with Crippen LogP contribution in [0.2, 0.25) is 0 Å². The highest BCUT2D eigenvalue weighted by molar-refractivity contribution is 5.86. The zero-order chi connectivity index (χ0) is 17.9. The number of halogens is 3. The van der Waals surface area contributed by atoms with Crippen molar-refractivity contribution in [3.05, 3.63) is 29.8 Å². The van der Waals surface area contributed by atoms with Crippen molar-refractivity contribution >= 4 is 11.8 Å². The standard InChI is InChI=1S/C16H19F3N2O3/c1-3-20-14(22)11-8-21(9-11)15(23)10(2)24-13-7-5-4-6-12(13)16(17,18)19/h4-7,10-11H,3,8-9H2,1-2H3,(H,20,22)/t10-/m1/s1. The van der Waals surface area contributed by atoms with Crippen LogP contribution in [0.1, 0.15) is 19.4 Å². The number of rotatable bonds is 5. The number of nitrogens with one attached hydrogen (secondary N) is 1. The van der Waals surface area contributed by atoms with Crippen LogP contribution in [-0.4, -0.2) is 42.5 Å². The van der Waals surface area contributed by atoms with Crippen molar-refractivity contribution < 1.29 is 27.5 Å². The van der Waals surface area contributed by atoms with Gasteiger partial charge in [-0.3, -0.25) is 9.59 Å². The summed E-state index contributed by atoms with van der Waals surface area (Å²) in [5.41, 5.74) is -0.923. The Morgan fingerprint density at radius 3 is 2.54 bits per heavy atom. The van der Waals surface area contributed by atoms with E-state index in [2.05, 4.69) is 5.32 Å². The second kappa shape index (κ2) is 7.11. The molecule has 0 aliphatic carbocycles. The minimum atomic E-state index is -4.56. The zero-order valence-corrected chi connectivity index (χ0v) is 13.4. The number of ether oxygens (including phenoxy) is 1. The van der Waals surface area contributed by atoms with Crippen LogP contribution < -0.4 is 10.1 Å². The van der Waals surface area contributed by atoms with Crippen molar-refractivity contribution in [1.82, 2.24) is 10.2 Å². The fraction of sp³-hybridized carbons (Fsp3) is 0.500. The van der Waals surface area contributed by atoms with Gasteiger partial charge in [0.15, 0.2) is 6.10 Å². The Labute approximate surface area is 137 Å². The lowest BCUT2D eigenvalue weighted by molar-refractivity contribution is -0.150. The van der Waals surface area contributed by atoms with Gasteiger partial charge in [0.05, 0.1) is 11.5 Å². The number of alkyl halides is 3. The van der Waals surface area contributed by atoms with E-state index in [-0.39, 0.29) is 30.7 Å². The lowest BCUT2D eigenvalue weighted by Crippen LogP contribution is -2.58. The molecule has 1 aliphatic rings. The maximum absolute atomic E-state index is 12.9. The topological polar surface area (TPSA) is 58.6 Å². The van der Waals surface area contributed by atoms with Gasteiger partial charge in [0.25, 0.3) is 5.91 Å². The van der Waals surface area contributed by atoms with Gasteiger partial charge in [-0.1, -0.05) is 12.1 Å². The number of amides is 2. The van der Waals surface area contributed by atoms with Crippen molar-refractivity contribution in [1.29, 1.82) is 0 Å². The third kappa shape index (κ3) is 3.98. The highest BCUT2D eigenvalue weighted by atomic mass is 19.4. The Kier molecular flexibility index (Phi) is 5.36. The quantitative estimate of drug-likeness (QED) is 0.890. The van der Waals surface area contributed by atoms with E-state index in [1.54, 1.807) is 6.92 Å². The molecule has 5 nitrogen and oxygen atoms in total. The van der Waals surface area contributed by atoms with E-state index in [9.17, 15) is 22.8 Å². The van der Waals surface area contributed by atoms with E-state index in [4.69, 9.17) is 4.74 Å². The Morgan fingerprint density at radius 2 is 1.96 bits per heavy atom. The first kappa shape index (κ1) is 18.1. The van der Waals surface area contributed by atoms with Crippen LogP contribution in [0.3, 0.4) is 0 Å². The molecule has 0 spiro atoms. The predicted octanol–water partition coefficient (Wildman–Crippen LogP) is 2.07. The molecule has 0 aromatic heterocycles. The van der Waals surface area contributed by atoms with Gasteiger partial charge in [0.2, 0.25) is 5.91 Å². The molecule has 2 rings (SSSR count). The second-order valence-electron chi connectivity index (χ2n) is 5.59. The number of carbonyl (C=O) groups excluding carboxylic acids is 2. The number of carbonyl (C=O) groups is 2. The molecule has 0 saturated carbocycles. The molecule has 0 radical (unpaired) electrons. The summed E-state index contributed by atoms with van der Waals surface area (Å²) in [6.07, 6.45) is -5.62. The molecule has 1 fully saturated rings. The van der Waals surface area contributed by atoms with E-state index in [1.807, 2.05) is 0 Å². The molecule has 1 aromatic carbocycles. The van der Waals surface area contributed by atoms with Crippen LogP contribution in [0.15, 0.2) is 24.3 Å². The molecule has 8 heteroatoms. The van der Waals surface area contributed by atoms with Crippen LogP contribution in [0.4, 0.5) is 13.2 Å². The molecule has 1 atom stereocenters. The van der Waals surface area contributed by atoms with Crippen molar-refractivity contribution in [2.45, 2.75) is 26.1 Å². The summed E-state index contributed by atoms with van der Waals surface area (Å²) in [6, 6.07) is 4.76. The van der Waals surface area contributed by atoms with E-state index < -0.39 is 23.8 Å². The summed E-state index contributed by atoms with van der Waals surface area (Å²) in [6.45, 7) is 4.21. The van der Waals surface area contributed by atoms with Gasteiger partial charge in [0.1, 0.15) is 5.75 Å². The first-order valence-corrected chi connectivity index (χ1v) is 7.63. The summed E-state index contributed by atoms with van der Waals surface area (Å²) in [5, 5.41) is 2.67. The number of hydrogen-bond acceptors (Lipinski definition) is 3. The SMILES string of the molecule is CCNC(=O)C1CN(C(=O)[C@@H](C)Oc2ccccc2C(F)(F)F)C1. The Morgan fingerprint density at radius 1 is 1.33 bits per heavy atom. The fourth-order valence-electron chi connectivity index (χ4n) is 2.44. The highest BCUT2D eigenvalue weighted by Crippen LogP contribution is 2.36. The molecule has 1 aliphatic heterocycles. The summed E-state index contributed by atoms with van der Waals surface area (Å²) < 4.78 is 44.0. The normalized spacial score (nSPS) is 16.3. The van der Waals surface area contributed by atoms with Gasteiger partial charge in [-0.05, 0) is 26.0 Å². The van der Waals surface area contributed by atoms with E-state index in [0.717, 1.165) is 6.07 Å². The van der Waals surface area contributed by atoms with Gasteiger partial charge in [0, 0.05) is 19.6 Å². The predicted molar refractivity (Wildman–Crippen MR) is 80.3 cm³/mol. The fourth-order valence-corrected chi connectivity index (χ4v) is 2.44. The Hall–Kier alpha value is -2.25. The number of para-hydroxylation sites is 1. The van der Waals surface area contributed by atoms with Crippen LogP contribution >= 0.6 is 0 Å². The minimum Gasteiger partial charge on any atom is -0.480 e. The molecule has 1 saturated heterocycles. The summed E-state index contributed by atoms with van der Waals surface area (Å²) in [4.78, 5) is 25.2. The lowest BCUT2D eigenvalue weighted by Gasteiger charge is -2.39. The number of likely N-dealkylation sites (tertiary alicyclic amines) is 1. The third-order valence-corrected chi connectivity index (χ3v) is 3.76. The van der Waals surface area contributed by atoms with Gasteiger partial charge >= 0.3 is 6.18 Å². The van der Waals surface area contributed by atoms with Crippen LogP contribution in [0.25, 0.3) is 0 Å². The Balaban J connectivity index is 1.96. The van der Waals surface area contributed by atoms with Crippen molar-refractivity contribution in [3.8, 4) is 5.75 Å². The number of nitrogens with zero attached hydrogens (tertiary/aromatic N) is 1.